The van der Waals surface area contributed by atoms with E-state index in [4.69, 9.17) is 4.74 Å². The third kappa shape index (κ3) is 5.38. The average Bonchev–Trinajstić information content (AvgIpc) is 2.60. The maximum atomic E-state index is 12.1. The van der Waals surface area contributed by atoms with E-state index in [0.29, 0.717) is 18.0 Å². The van der Waals surface area contributed by atoms with Gasteiger partial charge in [-0.1, -0.05) is 38.3 Å². The topological polar surface area (TPSA) is 55.4 Å². The highest BCUT2D eigenvalue weighted by atomic mass is 16.5. The Kier molecular flexibility index (Phi) is 6.63. The van der Waals surface area contributed by atoms with E-state index in [1.54, 1.807) is 19.1 Å². The van der Waals surface area contributed by atoms with Crippen molar-refractivity contribution in [2.45, 2.75) is 58.5 Å². The first-order valence-electron chi connectivity index (χ1n) is 8.67. The zero-order valence-electron chi connectivity index (χ0n) is 14.1. The summed E-state index contributed by atoms with van der Waals surface area (Å²) in [6.45, 7) is 4.37. The van der Waals surface area contributed by atoms with E-state index in [9.17, 15) is 9.59 Å². The van der Waals surface area contributed by atoms with Crippen molar-refractivity contribution in [2.75, 3.05) is 6.54 Å². The molecule has 1 aromatic carbocycles. The normalized spacial score (nSPS) is 16.6. The first-order valence-corrected chi connectivity index (χ1v) is 8.67. The minimum absolute atomic E-state index is 0.214. The lowest BCUT2D eigenvalue weighted by Crippen LogP contribution is -2.38. The van der Waals surface area contributed by atoms with Crippen LogP contribution < -0.4 is 5.32 Å². The highest BCUT2D eigenvalue weighted by Gasteiger charge is 2.20. The largest absolute Gasteiger partial charge is 0.449 e. The molecule has 1 aliphatic rings. The SMILES string of the molecule is CCc1ccc(C(=O)OC(C)C(=O)NCC2CCCCC2)cc1. The minimum Gasteiger partial charge on any atom is -0.449 e. The number of carbonyl (C=O) groups is 2. The first kappa shape index (κ1) is 17.5. The second kappa shape index (κ2) is 8.70. The summed E-state index contributed by atoms with van der Waals surface area (Å²) in [7, 11) is 0. The van der Waals surface area contributed by atoms with Gasteiger partial charge in [-0.15, -0.1) is 0 Å². The maximum absolute atomic E-state index is 12.1. The number of hydrogen-bond acceptors (Lipinski definition) is 3. The number of carbonyl (C=O) groups excluding carboxylic acids is 2. The average molecular weight is 317 g/mol. The van der Waals surface area contributed by atoms with E-state index in [2.05, 4.69) is 12.2 Å². The Labute approximate surface area is 138 Å². The van der Waals surface area contributed by atoms with Gasteiger partial charge in [-0.3, -0.25) is 4.79 Å². The summed E-state index contributed by atoms with van der Waals surface area (Å²) in [5.74, 6) is -0.0979. The number of hydrogen-bond donors (Lipinski definition) is 1. The molecule has 0 heterocycles. The number of aryl methyl sites for hydroxylation is 1. The lowest BCUT2D eigenvalue weighted by Gasteiger charge is -2.22. The van der Waals surface area contributed by atoms with Crippen molar-refractivity contribution >= 4 is 11.9 Å². The molecule has 1 N–H and O–H groups in total. The minimum atomic E-state index is -0.767. The molecule has 0 radical (unpaired) electrons. The van der Waals surface area contributed by atoms with Crippen LogP contribution in [0, 0.1) is 5.92 Å². The van der Waals surface area contributed by atoms with Crippen LogP contribution in [0.4, 0.5) is 0 Å². The highest BCUT2D eigenvalue weighted by Crippen LogP contribution is 2.22. The zero-order valence-corrected chi connectivity index (χ0v) is 14.1. The van der Waals surface area contributed by atoms with E-state index in [-0.39, 0.29) is 5.91 Å². The van der Waals surface area contributed by atoms with E-state index in [1.807, 2.05) is 12.1 Å². The number of rotatable bonds is 6. The molecule has 1 amide bonds. The molecule has 1 aromatic rings. The van der Waals surface area contributed by atoms with Gasteiger partial charge in [-0.25, -0.2) is 4.79 Å². The van der Waals surface area contributed by atoms with Gasteiger partial charge < -0.3 is 10.1 Å². The lowest BCUT2D eigenvalue weighted by atomic mass is 9.89. The Morgan fingerprint density at radius 3 is 2.43 bits per heavy atom. The summed E-state index contributed by atoms with van der Waals surface area (Å²) in [6, 6.07) is 7.30. The molecule has 1 saturated carbocycles. The summed E-state index contributed by atoms with van der Waals surface area (Å²) >= 11 is 0. The Morgan fingerprint density at radius 1 is 1.17 bits per heavy atom. The van der Waals surface area contributed by atoms with Crippen LogP contribution in [0.2, 0.25) is 0 Å². The molecule has 0 spiro atoms. The van der Waals surface area contributed by atoms with Crippen molar-refractivity contribution in [3.05, 3.63) is 35.4 Å². The molecule has 0 aliphatic heterocycles. The van der Waals surface area contributed by atoms with Gasteiger partial charge >= 0.3 is 5.97 Å². The maximum Gasteiger partial charge on any atom is 0.338 e. The third-order valence-electron chi connectivity index (χ3n) is 4.54. The van der Waals surface area contributed by atoms with Gasteiger partial charge in [0.05, 0.1) is 5.56 Å². The van der Waals surface area contributed by atoms with Gasteiger partial charge in [0, 0.05) is 6.54 Å². The van der Waals surface area contributed by atoms with Crippen molar-refractivity contribution in [3.63, 3.8) is 0 Å². The van der Waals surface area contributed by atoms with Crippen molar-refractivity contribution < 1.29 is 14.3 Å². The summed E-state index contributed by atoms with van der Waals surface area (Å²) in [4.78, 5) is 24.1. The van der Waals surface area contributed by atoms with Crippen LogP contribution in [-0.4, -0.2) is 24.5 Å². The number of esters is 1. The zero-order chi connectivity index (χ0) is 16.7. The smallest absolute Gasteiger partial charge is 0.338 e. The Morgan fingerprint density at radius 2 is 1.83 bits per heavy atom. The van der Waals surface area contributed by atoms with E-state index >= 15 is 0 Å². The number of benzene rings is 1. The summed E-state index contributed by atoms with van der Waals surface area (Å²) in [5, 5.41) is 2.91. The summed E-state index contributed by atoms with van der Waals surface area (Å²) in [5.41, 5.74) is 1.65. The van der Waals surface area contributed by atoms with Gasteiger partial charge in [0.2, 0.25) is 0 Å². The van der Waals surface area contributed by atoms with Crippen molar-refractivity contribution in [1.29, 1.82) is 0 Å². The predicted octanol–water partition coefficient (Wildman–Crippen LogP) is 3.49. The Bertz CT molecular complexity index is 518. The van der Waals surface area contributed by atoms with E-state index < -0.39 is 12.1 Å². The van der Waals surface area contributed by atoms with Crippen LogP contribution >= 0.6 is 0 Å². The van der Waals surface area contributed by atoms with Gasteiger partial charge in [0.25, 0.3) is 5.91 Å². The molecule has 4 nitrogen and oxygen atoms in total. The number of amides is 1. The molecule has 23 heavy (non-hydrogen) atoms. The van der Waals surface area contributed by atoms with Crippen LogP contribution in [0.3, 0.4) is 0 Å². The molecule has 0 aromatic heterocycles. The number of nitrogens with one attached hydrogen (secondary N) is 1. The molecular formula is C19H27NO3. The molecule has 0 bridgehead atoms. The highest BCUT2D eigenvalue weighted by molar-refractivity contribution is 5.92. The van der Waals surface area contributed by atoms with Crippen LogP contribution in [0.25, 0.3) is 0 Å². The predicted molar refractivity (Wildman–Crippen MR) is 90.3 cm³/mol. The third-order valence-corrected chi connectivity index (χ3v) is 4.54. The van der Waals surface area contributed by atoms with Gasteiger partial charge in [-0.05, 0) is 49.8 Å². The van der Waals surface area contributed by atoms with Crippen LogP contribution in [0.15, 0.2) is 24.3 Å². The molecule has 1 fully saturated rings. The molecule has 1 atom stereocenters. The van der Waals surface area contributed by atoms with Crippen LogP contribution in [-0.2, 0) is 16.0 Å². The number of ether oxygens (including phenoxy) is 1. The molecule has 2 rings (SSSR count). The standard InChI is InChI=1S/C19H27NO3/c1-3-15-9-11-17(12-10-15)19(22)23-14(2)18(21)20-13-16-7-5-4-6-8-16/h9-12,14,16H,3-8,13H2,1-2H3,(H,20,21). The molecular weight excluding hydrogens is 290 g/mol. The van der Waals surface area contributed by atoms with Gasteiger partial charge in [-0.2, -0.15) is 0 Å². The molecule has 0 saturated heterocycles. The van der Waals surface area contributed by atoms with E-state index in [0.717, 1.165) is 6.42 Å². The molecule has 4 heteroatoms. The molecule has 1 unspecified atom stereocenters. The lowest BCUT2D eigenvalue weighted by molar-refractivity contribution is -0.129. The fraction of sp³-hybridized carbons (Fsp3) is 0.579. The second-order valence-corrected chi connectivity index (χ2v) is 6.35. The first-order chi connectivity index (χ1) is 11.1. The van der Waals surface area contributed by atoms with E-state index in [1.165, 1.54) is 37.7 Å². The monoisotopic (exact) mass is 317 g/mol. The Balaban J connectivity index is 1.78. The second-order valence-electron chi connectivity index (χ2n) is 6.35. The summed E-state index contributed by atoms with van der Waals surface area (Å²) < 4.78 is 5.26. The van der Waals surface area contributed by atoms with Crippen molar-refractivity contribution in [3.8, 4) is 0 Å². The summed E-state index contributed by atoms with van der Waals surface area (Å²) in [6.07, 6.45) is 6.32. The van der Waals surface area contributed by atoms with Crippen molar-refractivity contribution in [1.82, 2.24) is 5.32 Å². The van der Waals surface area contributed by atoms with Crippen LogP contribution in [0.5, 0.6) is 0 Å². The van der Waals surface area contributed by atoms with Gasteiger partial charge in [0.15, 0.2) is 6.10 Å². The molecule has 1 aliphatic carbocycles. The fourth-order valence-corrected chi connectivity index (χ4v) is 2.94. The fourth-order valence-electron chi connectivity index (χ4n) is 2.94. The Hall–Kier alpha value is -1.84. The van der Waals surface area contributed by atoms with Crippen molar-refractivity contribution in [2.24, 2.45) is 5.92 Å². The van der Waals surface area contributed by atoms with Crippen LogP contribution in [0.1, 0.15) is 61.9 Å². The molecule has 126 valence electrons. The quantitative estimate of drug-likeness (QED) is 0.817. The van der Waals surface area contributed by atoms with Gasteiger partial charge in [0.1, 0.15) is 0 Å².